The van der Waals surface area contributed by atoms with Gasteiger partial charge in [-0.2, -0.15) is 0 Å². The van der Waals surface area contributed by atoms with Gasteiger partial charge < -0.3 is 9.26 Å². The summed E-state index contributed by atoms with van der Waals surface area (Å²) in [5.74, 6) is 1.94. The van der Waals surface area contributed by atoms with Crippen molar-refractivity contribution in [1.82, 2.24) is 25.8 Å². The molecule has 19 heavy (non-hydrogen) atoms. The number of hydrogen-bond donors (Lipinski definition) is 1. The Balaban J connectivity index is 2.01. The van der Waals surface area contributed by atoms with Crippen molar-refractivity contribution in [2.45, 2.75) is 45.4 Å². The highest BCUT2D eigenvalue weighted by molar-refractivity contribution is 5.17. The molecule has 2 aromatic rings. The first-order valence-electron chi connectivity index (χ1n) is 6.13. The summed E-state index contributed by atoms with van der Waals surface area (Å²) in [6.07, 6.45) is 0. The second-order valence-corrected chi connectivity index (χ2v) is 6.20. The van der Waals surface area contributed by atoms with Gasteiger partial charge in [-0.15, -0.1) is 5.10 Å². The molecule has 7 nitrogen and oxygen atoms in total. The molecule has 0 aliphatic heterocycles. The number of aromatic amines is 1. The Labute approximate surface area is 111 Å². The second-order valence-electron chi connectivity index (χ2n) is 6.20. The Bertz CT molecular complexity index is 525. The summed E-state index contributed by atoms with van der Waals surface area (Å²) in [5, 5.41) is 17.7. The van der Waals surface area contributed by atoms with Crippen molar-refractivity contribution >= 4 is 0 Å². The largest absolute Gasteiger partial charge is 0.474 e. The molecule has 0 unspecified atom stereocenters. The van der Waals surface area contributed by atoms with Crippen LogP contribution in [0.1, 0.15) is 46.2 Å². The van der Waals surface area contributed by atoms with Crippen molar-refractivity contribution in [3.05, 3.63) is 17.7 Å². The van der Waals surface area contributed by atoms with Crippen LogP contribution in [0.15, 0.2) is 10.6 Å². The minimum absolute atomic E-state index is 0.0843. The molecule has 0 fully saturated rings. The highest BCUT2D eigenvalue weighted by Gasteiger charge is 2.27. The minimum Gasteiger partial charge on any atom is -0.474 e. The zero-order chi connectivity index (χ0) is 14.1. The smallest absolute Gasteiger partial charge is 0.254 e. The number of hydrogen-bond acceptors (Lipinski definition) is 6. The van der Waals surface area contributed by atoms with Crippen molar-refractivity contribution in [3.63, 3.8) is 0 Å². The highest BCUT2D eigenvalue weighted by Crippen LogP contribution is 2.26. The van der Waals surface area contributed by atoms with Gasteiger partial charge in [0.05, 0.1) is 5.41 Å². The molecule has 0 atom stereocenters. The van der Waals surface area contributed by atoms with Gasteiger partial charge in [-0.1, -0.05) is 20.8 Å². The zero-order valence-electron chi connectivity index (χ0n) is 11.9. The summed E-state index contributed by atoms with van der Waals surface area (Å²) < 4.78 is 10.9. The summed E-state index contributed by atoms with van der Waals surface area (Å²) in [4.78, 5) is 0. The van der Waals surface area contributed by atoms with Gasteiger partial charge in [-0.25, -0.2) is 5.10 Å². The van der Waals surface area contributed by atoms with Crippen molar-refractivity contribution in [2.75, 3.05) is 6.61 Å². The lowest BCUT2D eigenvalue weighted by molar-refractivity contribution is 0.211. The number of H-pyrrole nitrogens is 1. The molecule has 0 saturated carbocycles. The van der Waals surface area contributed by atoms with Crippen LogP contribution in [0, 0.1) is 0 Å². The average molecular weight is 265 g/mol. The van der Waals surface area contributed by atoms with Crippen LogP contribution in [0.25, 0.3) is 0 Å². The molecule has 0 aliphatic carbocycles. The topological polar surface area (TPSA) is 89.7 Å². The molecule has 0 amide bonds. The molecule has 104 valence electrons. The third-order valence-electron chi connectivity index (χ3n) is 2.80. The molecule has 0 radical (unpaired) electrons. The molecule has 2 aromatic heterocycles. The number of ether oxygens (including phenoxy) is 1. The molecule has 7 heteroatoms. The van der Waals surface area contributed by atoms with Crippen molar-refractivity contribution in [3.8, 4) is 5.88 Å². The van der Waals surface area contributed by atoms with E-state index < -0.39 is 0 Å². The number of aromatic nitrogens is 5. The lowest BCUT2D eigenvalue weighted by atomic mass is 9.93. The van der Waals surface area contributed by atoms with E-state index in [9.17, 15) is 0 Å². The molecule has 2 heterocycles. The molecule has 0 aromatic carbocycles. The van der Waals surface area contributed by atoms with Gasteiger partial charge in [0, 0.05) is 11.5 Å². The molecule has 1 N–H and O–H groups in total. The third kappa shape index (κ3) is 3.10. The second kappa shape index (κ2) is 4.64. The van der Waals surface area contributed by atoms with E-state index in [2.05, 4.69) is 46.6 Å². The van der Waals surface area contributed by atoms with Gasteiger partial charge in [0.15, 0.2) is 5.82 Å². The van der Waals surface area contributed by atoms with Crippen molar-refractivity contribution in [1.29, 1.82) is 0 Å². The fourth-order valence-corrected chi connectivity index (χ4v) is 1.45. The van der Waals surface area contributed by atoms with E-state index in [0.717, 1.165) is 5.76 Å². The summed E-state index contributed by atoms with van der Waals surface area (Å²) in [6, 6.07) is 1.81. The quantitative estimate of drug-likeness (QED) is 0.907. The lowest BCUT2D eigenvalue weighted by Gasteiger charge is -2.19. The van der Waals surface area contributed by atoms with Crippen LogP contribution in [0.2, 0.25) is 0 Å². The first kappa shape index (κ1) is 13.5. The summed E-state index contributed by atoms with van der Waals surface area (Å²) in [5.41, 5.74) is -0.413. The van der Waals surface area contributed by atoms with Crippen LogP contribution < -0.4 is 4.74 Å². The molecule has 0 spiro atoms. The standard InChI is InChI=1S/C12H19N5O2/c1-11(2,3)8-6-9(15-19-8)18-7-12(4,5)10-13-16-17-14-10/h6H,7H2,1-5H3,(H,13,14,16,17). The van der Waals surface area contributed by atoms with Crippen LogP contribution in [0.3, 0.4) is 0 Å². The van der Waals surface area contributed by atoms with Crippen LogP contribution in [-0.2, 0) is 10.8 Å². The van der Waals surface area contributed by atoms with Crippen LogP contribution in [0.4, 0.5) is 0 Å². The van der Waals surface area contributed by atoms with Gasteiger partial charge in [0.2, 0.25) is 0 Å². The highest BCUT2D eigenvalue weighted by atomic mass is 16.5. The zero-order valence-corrected chi connectivity index (χ0v) is 11.9. The monoisotopic (exact) mass is 265 g/mol. The van der Waals surface area contributed by atoms with E-state index in [1.165, 1.54) is 0 Å². The SMILES string of the molecule is CC(C)(C)c1cc(OCC(C)(C)c2nnn[nH]2)no1. The average Bonchev–Trinajstić information content (AvgIpc) is 2.97. The van der Waals surface area contributed by atoms with E-state index in [1.54, 1.807) is 0 Å². The van der Waals surface area contributed by atoms with E-state index in [-0.39, 0.29) is 10.8 Å². The number of nitrogens with zero attached hydrogens (tertiary/aromatic N) is 4. The number of tetrazole rings is 1. The fourth-order valence-electron chi connectivity index (χ4n) is 1.45. The van der Waals surface area contributed by atoms with E-state index >= 15 is 0 Å². The lowest BCUT2D eigenvalue weighted by Crippen LogP contribution is -2.27. The van der Waals surface area contributed by atoms with Crippen molar-refractivity contribution in [2.24, 2.45) is 0 Å². The maximum atomic E-state index is 5.65. The first-order valence-corrected chi connectivity index (χ1v) is 6.13. The Hall–Kier alpha value is -1.92. The van der Waals surface area contributed by atoms with E-state index in [0.29, 0.717) is 18.3 Å². The van der Waals surface area contributed by atoms with Crippen molar-refractivity contribution < 1.29 is 9.26 Å². The van der Waals surface area contributed by atoms with Gasteiger partial charge >= 0.3 is 0 Å². The maximum absolute atomic E-state index is 5.65. The Morgan fingerprint density at radius 1 is 1.26 bits per heavy atom. The van der Waals surface area contributed by atoms with Gasteiger partial charge in [0.1, 0.15) is 12.4 Å². The van der Waals surface area contributed by atoms with E-state index in [4.69, 9.17) is 9.26 Å². The van der Waals surface area contributed by atoms with Gasteiger partial charge in [-0.3, -0.25) is 0 Å². The van der Waals surface area contributed by atoms with Gasteiger partial charge in [-0.05, 0) is 29.4 Å². The Morgan fingerprint density at radius 2 is 2.00 bits per heavy atom. The number of nitrogens with one attached hydrogen (secondary N) is 1. The molecule has 2 rings (SSSR count). The fraction of sp³-hybridized carbons (Fsp3) is 0.667. The first-order chi connectivity index (χ1) is 8.79. The predicted octanol–water partition coefficient (Wildman–Crippen LogP) is 1.84. The third-order valence-corrected chi connectivity index (χ3v) is 2.80. The molecular weight excluding hydrogens is 246 g/mol. The van der Waals surface area contributed by atoms with Crippen LogP contribution in [0.5, 0.6) is 5.88 Å². The van der Waals surface area contributed by atoms with Crippen LogP contribution >= 0.6 is 0 Å². The normalized spacial score (nSPS) is 12.7. The van der Waals surface area contributed by atoms with Gasteiger partial charge in [0.25, 0.3) is 5.88 Å². The number of rotatable bonds is 4. The summed E-state index contributed by atoms with van der Waals surface area (Å²) in [7, 11) is 0. The maximum Gasteiger partial charge on any atom is 0.254 e. The molecule has 0 aliphatic rings. The Kier molecular flexibility index (Phi) is 3.30. The van der Waals surface area contributed by atoms with E-state index in [1.807, 2.05) is 19.9 Å². The molecular formula is C12H19N5O2. The van der Waals surface area contributed by atoms with Crippen LogP contribution in [-0.4, -0.2) is 32.4 Å². The predicted molar refractivity (Wildman–Crippen MR) is 67.9 cm³/mol. The minimum atomic E-state index is -0.329. The molecule has 0 bridgehead atoms. The molecule has 0 saturated heterocycles. The Morgan fingerprint density at radius 3 is 2.53 bits per heavy atom. The summed E-state index contributed by atoms with van der Waals surface area (Å²) in [6.45, 7) is 10.5. The summed E-state index contributed by atoms with van der Waals surface area (Å²) >= 11 is 0.